The van der Waals surface area contributed by atoms with Gasteiger partial charge in [0.25, 0.3) is 5.91 Å². The summed E-state index contributed by atoms with van der Waals surface area (Å²) < 4.78 is 16.0. The van der Waals surface area contributed by atoms with Crippen LogP contribution >= 0.6 is 0 Å². The number of para-hydroxylation sites is 1. The van der Waals surface area contributed by atoms with Crippen LogP contribution in [0.5, 0.6) is 5.75 Å². The van der Waals surface area contributed by atoms with Crippen molar-refractivity contribution in [1.82, 2.24) is 14.7 Å². The van der Waals surface area contributed by atoms with Crippen molar-refractivity contribution in [3.05, 3.63) is 77.4 Å². The van der Waals surface area contributed by atoms with Gasteiger partial charge in [-0.15, -0.1) is 0 Å². The number of hydrogen-bond acceptors (Lipinski definition) is 3. The number of rotatable bonds is 3. The molecule has 1 aliphatic heterocycles. The second kappa shape index (κ2) is 7.46. The minimum atomic E-state index is -0.609. The van der Waals surface area contributed by atoms with Gasteiger partial charge in [0, 0.05) is 30.9 Å². The summed E-state index contributed by atoms with van der Waals surface area (Å²) in [5, 5.41) is 14.1. The molecular formula is C22H22FN3O2. The molecule has 5 nitrogen and oxygen atoms in total. The fourth-order valence-electron chi connectivity index (χ4n) is 3.85. The fourth-order valence-corrected chi connectivity index (χ4v) is 3.85. The molecule has 1 saturated heterocycles. The fraction of sp³-hybridized carbons (Fsp3) is 0.273. The molecule has 1 fully saturated rings. The Balaban J connectivity index is 1.50. The molecule has 6 heteroatoms. The minimum absolute atomic E-state index is 0.0802. The highest BCUT2D eigenvalue weighted by atomic mass is 19.1. The second-order valence-electron chi connectivity index (χ2n) is 7.18. The van der Waals surface area contributed by atoms with E-state index in [0.717, 1.165) is 35.9 Å². The first-order valence-corrected chi connectivity index (χ1v) is 9.42. The maximum atomic E-state index is 14.0. The van der Waals surface area contributed by atoms with E-state index in [2.05, 4.69) is 24.2 Å². The van der Waals surface area contributed by atoms with Gasteiger partial charge in [-0.25, -0.2) is 9.07 Å². The molecule has 1 aliphatic rings. The molecule has 0 saturated carbocycles. The molecule has 0 unspecified atom stereocenters. The van der Waals surface area contributed by atoms with Crippen LogP contribution in [0.25, 0.3) is 5.69 Å². The van der Waals surface area contributed by atoms with Crippen LogP contribution in [-0.2, 0) is 0 Å². The van der Waals surface area contributed by atoms with Crippen molar-refractivity contribution in [2.24, 2.45) is 0 Å². The number of aromatic nitrogens is 2. The molecule has 0 radical (unpaired) electrons. The van der Waals surface area contributed by atoms with Gasteiger partial charge in [0.15, 0.2) is 0 Å². The Kier molecular flexibility index (Phi) is 4.86. The average Bonchev–Trinajstić information content (AvgIpc) is 3.19. The van der Waals surface area contributed by atoms with Crippen molar-refractivity contribution >= 4 is 5.91 Å². The molecule has 4 rings (SSSR count). The van der Waals surface area contributed by atoms with Crippen LogP contribution in [0.1, 0.15) is 40.4 Å². The summed E-state index contributed by atoms with van der Waals surface area (Å²) >= 11 is 0. The van der Waals surface area contributed by atoms with Gasteiger partial charge in [0.05, 0.1) is 11.3 Å². The third-order valence-electron chi connectivity index (χ3n) is 5.40. The number of carbonyl (C=O) groups is 1. The maximum absolute atomic E-state index is 14.0. The van der Waals surface area contributed by atoms with Gasteiger partial charge in [-0.05, 0) is 55.7 Å². The van der Waals surface area contributed by atoms with Crippen LogP contribution in [0, 0.1) is 12.7 Å². The molecule has 1 aromatic heterocycles. The van der Waals surface area contributed by atoms with Crippen LogP contribution in [0.2, 0.25) is 0 Å². The quantitative estimate of drug-likeness (QED) is 0.747. The Labute approximate surface area is 163 Å². The van der Waals surface area contributed by atoms with E-state index >= 15 is 0 Å². The molecule has 0 spiro atoms. The normalized spacial score (nSPS) is 15.0. The number of aromatic hydroxyl groups is 1. The van der Waals surface area contributed by atoms with Crippen LogP contribution in [0.4, 0.5) is 4.39 Å². The Morgan fingerprint density at radius 1 is 1.14 bits per heavy atom. The lowest BCUT2D eigenvalue weighted by molar-refractivity contribution is 0.0706. The summed E-state index contributed by atoms with van der Waals surface area (Å²) in [6.45, 7) is 3.14. The lowest BCUT2D eigenvalue weighted by atomic mass is 9.92. The smallest absolute Gasteiger partial charge is 0.256 e. The van der Waals surface area contributed by atoms with Crippen LogP contribution in [-0.4, -0.2) is 38.8 Å². The van der Waals surface area contributed by atoms with E-state index in [1.807, 2.05) is 22.9 Å². The monoisotopic (exact) mass is 379 g/mol. The molecule has 1 N–H and O–H groups in total. The highest BCUT2D eigenvalue weighted by Gasteiger charge is 2.28. The zero-order valence-corrected chi connectivity index (χ0v) is 15.7. The van der Waals surface area contributed by atoms with E-state index < -0.39 is 5.82 Å². The van der Waals surface area contributed by atoms with Crippen molar-refractivity contribution in [2.45, 2.75) is 25.7 Å². The number of phenolic OH excluding ortho intramolecular Hbond substituents is 1. The zero-order valence-electron chi connectivity index (χ0n) is 15.7. The van der Waals surface area contributed by atoms with Crippen LogP contribution in [0.15, 0.2) is 54.7 Å². The van der Waals surface area contributed by atoms with E-state index in [-0.39, 0.29) is 23.1 Å². The lowest BCUT2D eigenvalue weighted by Crippen LogP contribution is -2.38. The maximum Gasteiger partial charge on any atom is 0.256 e. The molecule has 0 aliphatic carbocycles. The molecule has 0 bridgehead atoms. The summed E-state index contributed by atoms with van der Waals surface area (Å²) in [6, 6.07) is 13.7. The molecule has 28 heavy (non-hydrogen) atoms. The van der Waals surface area contributed by atoms with Gasteiger partial charge < -0.3 is 10.0 Å². The Morgan fingerprint density at radius 2 is 1.89 bits per heavy atom. The first-order chi connectivity index (χ1) is 13.5. The lowest BCUT2D eigenvalue weighted by Gasteiger charge is -2.32. The molecule has 2 aromatic carbocycles. The predicted octanol–water partition coefficient (Wildman–Crippen LogP) is 4.05. The first kappa shape index (κ1) is 18.2. The zero-order chi connectivity index (χ0) is 19.7. The van der Waals surface area contributed by atoms with E-state index in [1.54, 1.807) is 11.1 Å². The highest BCUT2D eigenvalue weighted by Crippen LogP contribution is 2.31. The van der Waals surface area contributed by atoms with Crippen molar-refractivity contribution in [3.8, 4) is 11.4 Å². The van der Waals surface area contributed by atoms with E-state index in [9.17, 15) is 14.3 Å². The second-order valence-corrected chi connectivity index (χ2v) is 7.18. The van der Waals surface area contributed by atoms with Gasteiger partial charge in [0.2, 0.25) is 0 Å². The summed E-state index contributed by atoms with van der Waals surface area (Å²) in [5.74, 6) is -0.816. The molecule has 1 amide bonds. The number of nitrogens with zero attached hydrogens (tertiary/aromatic N) is 3. The molecule has 2 heterocycles. The summed E-state index contributed by atoms with van der Waals surface area (Å²) in [7, 11) is 0. The minimum Gasteiger partial charge on any atom is -0.508 e. The summed E-state index contributed by atoms with van der Waals surface area (Å²) in [4.78, 5) is 14.3. The van der Waals surface area contributed by atoms with Crippen molar-refractivity contribution in [2.75, 3.05) is 13.1 Å². The van der Waals surface area contributed by atoms with Crippen molar-refractivity contribution < 1.29 is 14.3 Å². The van der Waals surface area contributed by atoms with Crippen LogP contribution in [0.3, 0.4) is 0 Å². The predicted molar refractivity (Wildman–Crippen MR) is 104 cm³/mol. The average molecular weight is 379 g/mol. The van der Waals surface area contributed by atoms with Gasteiger partial charge in [-0.1, -0.05) is 18.2 Å². The number of hydrogen-bond donors (Lipinski definition) is 1. The van der Waals surface area contributed by atoms with E-state index in [4.69, 9.17) is 0 Å². The number of likely N-dealkylation sites (tertiary alicyclic amines) is 1. The highest BCUT2D eigenvalue weighted by molar-refractivity contribution is 5.95. The topological polar surface area (TPSA) is 58.4 Å². The van der Waals surface area contributed by atoms with Gasteiger partial charge in [0.1, 0.15) is 11.6 Å². The number of carbonyl (C=O) groups excluding carboxylic acids is 1. The van der Waals surface area contributed by atoms with Crippen LogP contribution < -0.4 is 0 Å². The number of amides is 1. The van der Waals surface area contributed by atoms with E-state index in [0.29, 0.717) is 13.1 Å². The molecule has 3 aromatic rings. The SMILES string of the molecule is Cc1ccccc1-n1nccc1C1CCN(C(=O)c2cc(O)ccc2F)CC1. The first-order valence-electron chi connectivity index (χ1n) is 9.42. The molecular weight excluding hydrogens is 357 g/mol. The third-order valence-corrected chi connectivity index (χ3v) is 5.40. The summed E-state index contributed by atoms with van der Waals surface area (Å²) in [6.07, 6.45) is 3.37. The third kappa shape index (κ3) is 3.38. The van der Waals surface area contributed by atoms with E-state index in [1.165, 1.54) is 12.1 Å². The van der Waals surface area contributed by atoms with Crippen molar-refractivity contribution in [3.63, 3.8) is 0 Å². The molecule has 144 valence electrons. The Morgan fingerprint density at radius 3 is 2.64 bits per heavy atom. The van der Waals surface area contributed by atoms with Gasteiger partial charge in [-0.3, -0.25) is 4.79 Å². The largest absolute Gasteiger partial charge is 0.508 e. The Bertz CT molecular complexity index is 1010. The number of piperidine rings is 1. The number of halogens is 1. The van der Waals surface area contributed by atoms with Gasteiger partial charge in [-0.2, -0.15) is 5.10 Å². The standard InChI is InChI=1S/C22H22FN3O2/c1-15-4-2-3-5-20(15)26-21(8-11-24-26)16-9-12-25(13-10-16)22(28)18-14-17(27)6-7-19(18)23/h2-8,11,14,16,27H,9-10,12-13H2,1H3. The van der Waals surface area contributed by atoms with Gasteiger partial charge >= 0.3 is 0 Å². The van der Waals surface area contributed by atoms with Crippen molar-refractivity contribution in [1.29, 1.82) is 0 Å². The summed E-state index contributed by atoms with van der Waals surface area (Å²) in [5.41, 5.74) is 3.26. The number of phenols is 1. The number of aryl methyl sites for hydroxylation is 1. The Hall–Kier alpha value is -3.15. The molecule has 0 atom stereocenters. The number of benzene rings is 2.